The van der Waals surface area contributed by atoms with Gasteiger partial charge < -0.3 is 15.2 Å². The lowest BCUT2D eigenvalue weighted by molar-refractivity contribution is 0.142. The molecule has 0 bridgehead atoms. The van der Waals surface area contributed by atoms with E-state index in [1.165, 1.54) is 22.3 Å². The van der Waals surface area contributed by atoms with Gasteiger partial charge in [-0.2, -0.15) is 5.10 Å². The standard InChI is InChI=1S/C22H23N3O3/c1-15-16(13-25(24-15)10-11-26)12-23-22(27)28-14-21-19-8-4-2-6-17(19)18-7-3-5-9-20(18)21/h2-9,13,21,26H,10-12,14H2,1H3,(H,23,27). The molecule has 6 nitrogen and oxygen atoms in total. The normalized spacial score (nSPS) is 12.5. The molecule has 28 heavy (non-hydrogen) atoms. The number of carbonyl (C=O) groups excluding carboxylic acids is 1. The first-order chi connectivity index (χ1) is 13.7. The number of nitrogens with one attached hydrogen (secondary N) is 1. The molecule has 1 aromatic heterocycles. The summed E-state index contributed by atoms with van der Waals surface area (Å²) in [6.07, 6.45) is 1.38. The fourth-order valence-electron chi connectivity index (χ4n) is 3.77. The second-order valence-electron chi connectivity index (χ2n) is 6.91. The van der Waals surface area contributed by atoms with Crippen molar-refractivity contribution in [3.8, 4) is 11.1 Å². The lowest BCUT2D eigenvalue weighted by Crippen LogP contribution is -2.25. The molecule has 2 N–H and O–H groups in total. The number of aryl methyl sites for hydroxylation is 1. The second-order valence-corrected chi connectivity index (χ2v) is 6.91. The zero-order valence-corrected chi connectivity index (χ0v) is 15.8. The lowest BCUT2D eigenvalue weighted by Gasteiger charge is -2.14. The number of amides is 1. The van der Waals surface area contributed by atoms with Crippen molar-refractivity contribution >= 4 is 6.09 Å². The molecule has 1 aliphatic carbocycles. The van der Waals surface area contributed by atoms with Gasteiger partial charge in [0.15, 0.2) is 0 Å². The molecule has 0 radical (unpaired) electrons. The van der Waals surface area contributed by atoms with Crippen molar-refractivity contribution in [2.24, 2.45) is 0 Å². The minimum absolute atomic E-state index is 0.0281. The summed E-state index contributed by atoms with van der Waals surface area (Å²) in [5, 5.41) is 16.1. The van der Waals surface area contributed by atoms with Gasteiger partial charge in [0.2, 0.25) is 0 Å². The Bertz CT molecular complexity index is 951. The minimum Gasteiger partial charge on any atom is -0.449 e. The van der Waals surface area contributed by atoms with Crippen LogP contribution in [0.15, 0.2) is 54.7 Å². The highest BCUT2D eigenvalue weighted by molar-refractivity contribution is 5.79. The maximum Gasteiger partial charge on any atom is 0.407 e. The van der Waals surface area contributed by atoms with E-state index in [4.69, 9.17) is 9.84 Å². The van der Waals surface area contributed by atoms with Gasteiger partial charge in [0, 0.05) is 24.2 Å². The van der Waals surface area contributed by atoms with Gasteiger partial charge in [0.25, 0.3) is 0 Å². The molecule has 1 amide bonds. The third-order valence-corrected chi connectivity index (χ3v) is 5.14. The van der Waals surface area contributed by atoms with E-state index in [0.29, 0.717) is 19.7 Å². The first-order valence-corrected chi connectivity index (χ1v) is 9.40. The van der Waals surface area contributed by atoms with Crippen LogP contribution in [0.3, 0.4) is 0 Å². The summed E-state index contributed by atoms with van der Waals surface area (Å²) in [6, 6.07) is 16.5. The fourth-order valence-corrected chi connectivity index (χ4v) is 3.77. The number of ether oxygens (including phenoxy) is 1. The Labute approximate surface area is 163 Å². The molecule has 0 fully saturated rings. The van der Waals surface area contributed by atoms with E-state index in [1.807, 2.05) is 37.4 Å². The van der Waals surface area contributed by atoms with Crippen molar-refractivity contribution < 1.29 is 14.6 Å². The Balaban J connectivity index is 1.39. The van der Waals surface area contributed by atoms with Crippen LogP contribution in [0.5, 0.6) is 0 Å². The number of aliphatic hydroxyl groups is 1. The molecule has 4 rings (SSSR count). The molecule has 0 aliphatic heterocycles. The summed E-state index contributed by atoms with van der Waals surface area (Å²) < 4.78 is 7.21. The molecule has 0 atom stereocenters. The maximum atomic E-state index is 12.2. The second kappa shape index (κ2) is 7.86. The summed E-state index contributed by atoms with van der Waals surface area (Å²) in [6.45, 7) is 2.98. The van der Waals surface area contributed by atoms with Gasteiger partial charge >= 0.3 is 6.09 Å². The lowest BCUT2D eigenvalue weighted by atomic mass is 9.98. The molecule has 6 heteroatoms. The van der Waals surface area contributed by atoms with Crippen LogP contribution in [-0.2, 0) is 17.8 Å². The highest BCUT2D eigenvalue weighted by atomic mass is 16.5. The summed E-state index contributed by atoms with van der Waals surface area (Å²) in [5.74, 6) is 0.0483. The molecule has 0 saturated heterocycles. The number of hydrogen-bond acceptors (Lipinski definition) is 4. The molecular formula is C22H23N3O3. The van der Waals surface area contributed by atoms with E-state index >= 15 is 0 Å². The summed E-state index contributed by atoms with van der Waals surface area (Å²) in [7, 11) is 0. The number of fused-ring (bicyclic) bond motifs is 3. The SMILES string of the molecule is Cc1nn(CCO)cc1CNC(=O)OCC1c2ccccc2-c2ccccc21. The number of aliphatic hydroxyl groups excluding tert-OH is 1. The van der Waals surface area contributed by atoms with Gasteiger partial charge in [-0.3, -0.25) is 4.68 Å². The maximum absolute atomic E-state index is 12.2. The van der Waals surface area contributed by atoms with E-state index < -0.39 is 6.09 Å². The molecule has 1 heterocycles. The average Bonchev–Trinajstić information content (AvgIpc) is 3.22. The molecule has 0 unspecified atom stereocenters. The Morgan fingerprint density at radius 2 is 1.79 bits per heavy atom. The number of carbonyl (C=O) groups is 1. The molecule has 3 aromatic rings. The number of rotatable bonds is 6. The molecule has 0 saturated carbocycles. The van der Waals surface area contributed by atoms with Crippen LogP contribution >= 0.6 is 0 Å². The number of nitrogens with zero attached hydrogens (tertiary/aromatic N) is 2. The smallest absolute Gasteiger partial charge is 0.407 e. The van der Waals surface area contributed by atoms with E-state index in [1.54, 1.807) is 4.68 Å². The predicted octanol–water partition coefficient (Wildman–Crippen LogP) is 3.22. The number of alkyl carbamates (subject to hydrolysis) is 1. The van der Waals surface area contributed by atoms with Crippen molar-refractivity contribution in [1.29, 1.82) is 0 Å². The topological polar surface area (TPSA) is 76.4 Å². The number of aromatic nitrogens is 2. The highest BCUT2D eigenvalue weighted by Crippen LogP contribution is 2.44. The Hall–Kier alpha value is -3.12. The van der Waals surface area contributed by atoms with Crippen LogP contribution in [0.1, 0.15) is 28.3 Å². The van der Waals surface area contributed by atoms with Crippen molar-refractivity contribution in [2.45, 2.75) is 25.9 Å². The largest absolute Gasteiger partial charge is 0.449 e. The first kappa shape index (κ1) is 18.3. The highest BCUT2D eigenvalue weighted by Gasteiger charge is 2.28. The van der Waals surface area contributed by atoms with E-state index in [9.17, 15) is 4.79 Å². The first-order valence-electron chi connectivity index (χ1n) is 9.40. The van der Waals surface area contributed by atoms with Gasteiger partial charge in [-0.15, -0.1) is 0 Å². The van der Waals surface area contributed by atoms with Gasteiger partial charge in [-0.05, 0) is 29.2 Å². The van der Waals surface area contributed by atoms with Crippen LogP contribution in [0.2, 0.25) is 0 Å². The summed E-state index contributed by atoms with van der Waals surface area (Å²) in [4.78, 5) is 12.2. The summed E-state index contributed by atoms with van der Waals surface area (Å²) >= 11 is 0. The number of hydrogen-bond donors (Lipinski definition) is 2. The Kier molecular flexibility index (Phi) is 5.12. The molecular weight excluding hydrogens is 354 g/mol. The van der Waals surface area contributed by atoms with Gasteiger partial charge in [-0.1, -0.05) is 48.5 Å². The molecule has 1 aliphatic rings. The summed E-state index contributed by atoms with van der Waals surface area (Å²) in [5.41, 5.74) is 6.53. The van der Waals surface area contributed by atoms with Crippen LogP contribution < -0.4 is 5.32 Å². The van der Waals surface area contributed by atoms with Crippen LogP contribution in [-0.4, -0.2) is 34.2 Å². The van der Waals surface area contributed by atoms with Gasteiger partial charge in [0.05, 0.1) is 18.8 Å². The minimum atomic E-state index is -0.448. The zero-order valence-electron chi connectivity index (χ0n) is 15.8. The van der Waals surface area contributed by atoms with Gasteiger partial charge in [-0.25, -0.2) is 4.79 Å². The Morgan fingerprint density at radius 3 is 2.43 bits per heavy atom. The molecule has 0 spiro atoms. The van der Waals surface area contributed by atoms with Crippen molar-refractivity contribution in [1.82, 2.24) is 15.1 Å². The van der Waals surface area contributed by atoms with E-state index in [-0.39, 0.29) is 12.5 Å². The third kappa shape index (κ3) is 3.51. The average molecular weight is 377 g/mol. The molecule has 2 aromatic carbocycles. The third-order valence-electron chi connectivity index (χ3n) is 5.14. The zero-order chi connectivity index (χ0) is 19.5. The van der Waals surface area contributed by atoms with E-state index in [2.05, 4.69) is 34.7 Å². The van der Waals surface area contributed by atoms with Crippen molar-refractivity contribution in [3.05, 3.63) is 77.1 Å². The van der Waals surface area contributed by atoms with Crippen LogP contribution in [0, 0.1) is 6.92 Å². The van der Waals surface area contributed by atoms with Crippen LogP contribution in [0.25, 0.3) is 11.1 Å². The van der Waals surface area contributed by atoms with Crippen molar-refractivity contribution in [3.63, 3.8) is 0 Å². The predicted molar refractivity (Wildman–Crippen MR) is 106 cm³/mol. The quantitative estimate of drug-likeness (QED) is 0.692. The van der Waals surface area contributed by atoms with Crippen molar-refractivity contribution in [2.75, 3.05) is 13.2 Å². The fraction of sp³-hybridized carbons (Fsp3) is 0.273. The van der Waals surface area contributed by atoms with Gasteiger partial charge in [0.1, 0.15) is 6.61 Å². The Morgan fingerprint density at radius 1 is 1.14 bits per heavy atom. The monoisotopic (exact) mass is 377 g/mol. The van der Waals surface area contributed by atoms with Crippen LogP contribution in [0.4, 0.5) is 4.79 Å². The van der Waals surface area contributed by atoms with E-state index in [0.717, 1.165) is 11.3 Å². The number of benzene rings is 2. The molecule has 144 valence electrons.